The van der Waals surface area contributed by atoms with Crippen LogP contribution in [0.5, 0.6) is 5.75 Å². The van der Waals surface area contributed by atoms with E-state index >= 15 is 0 Å². The molecule has 0 N–H and O–H groups in total. The minimum absolute atomic E-state index is 0.0127. The largest absolute Gasteiger partial charge is 0.478 e. The third-order valence-corrected chi connectivity index (χ3v) is 4.07. The summed E-state index contributed by atoms with van der Waals surface area (Å²) >= 11 is 6.76. The molecule has 1 unspecified atom stereocenters. The molecule has 1 atom stereocenters. The van der Waals surface area contributed by atoms with Gasteiger partial charge in [0.15, 0.2) is 5.01 Å². The molecule has 15 heavy (non-hydrogen) atoms. The second-order valence-corrected chi connectivity index (χ2v) is 4.86. The quantitative estimate of drug-likeness (QED) is 0.761. The number of alkyl halides is 2. The highest BCUT2D eigenvalue weighted by Gasteiger charge is 2.03. The van der Waals surface area contributed by atoms with E-state index < -0.39 is 0 Å². The van der Waals surface area contributed by atoms with Crippen LogP contribution >= 0.6 is 31.9 Å². The van der Waals surface area contributed by atoms with E-state index in [4.69, 9.17) is 4.74 Å². The predicted octanol–water partition coefficient (Wildman–Crippen LogP) is 4.33. The van der Waals surface area contributed by atoms with Gasteiger partial charge in [-0.25, -0.2) is 0 Å². The molecule has 0 spiro atoms. The van der Waals surface area contributed by atoms with Gasteiger partial charge in [0.25, 0.3) is 0 Å². The number of rotatable bonds is 3. The van der Waals surface area contributed by atoms with E-state index in [-0.39, 0.29) is 5.01 Å². The normalized spacial score (nSPS) is 12.7. The van der Waals surface area contributed by atoms with Crippen LogP contribution in [-0.2, 0) is 0 Å². The Morgan fingerprint density at radius 3 is 2.53 bits per heavy atom. The molecule has 0 saturated heterocycles. The van der Waals surface area contributed by atoms with Gasteiger partial charge in [-0.1, -0.05) is 46.3 Å². The van der Waals surface area contributed by atoms with Gasteiger partial charge in [-0.3, -0.25) is 0 Å². The van der Waals surface area contributed by atoms with E-state index in [1.54, 1.807) is 0 Å². The molecule has 1 nitrogen and oxygen atoms in total. The van der Waals surface area contributed by atoms with Crippen LogP contribution in [0.4, 0.5) is 0 Å². The summed E-state index contributed by atoms with van der Waals surface area (Å²) in [5, 5.41) is 3.21. The highest BCUT2D eigenvalue weighted by atomic mass is 79.9. The Balaban J connectivity index is 2.30. The number of hydrogen-bond donors (Lipinski definition) is 0. The Morgan fingerprint density at radius 1 is 1.07 bits per heavy atom. The van der Waals surface area contributed by atoms with Crippen LogP contribution in [-0.4, -0.2) is 10.3 Å². The summed E-state index contributed by atoms with van der Waals surface area (Å²) < 4.78 is 5.64. The molecule has 0 saturated carbocycles. The summed E-state index contributed by atoms with van der Waals surface area (Å²) in [7, 11) is 0. The Labute approximate surface area is 106 Å². The summed E-state index contributed by atoms with van der Waals surface area (Å²) in [6.45, 7) is 0. The molecular weight excluding hydrogens is 320 g/mol. The molecule has 0 aliphatic heterocycles. The van der Waals surface area contributed by atoms with Crippen molar-refractivity contribution in [3.63, 3.8) is 0 Å². The van der Waals surface area contributed by atoms with Crippen molar-refractivity contribution in [1.82, 2.24) is 0 Å². The van der Waals surface area contributed by atoms with Crippen LogP contribution in [0.15, 0.2) is 42.5 Å². The summed E-state index contributed by atoms with van der Waals surface area (Å²) in [6, 6.07) is 14.3. The van der Waals surface area contributed by atoms with E-state index in [1.165, 1.54) is 10.8 Å². The maximum atomic E-state index is 5.64. The van der Waals surface area contributed by atoms with Gasteiger partial charge in [0.2, 0.25) is 0 Å². The van der Waals surface area contributed by atoms with Gasteiger partial charge in [0.1, 0.15) is 5.75 Å². The molecule has 0 heterocycles. The summed E-state index contributed by atoms with van der Waals surface area (Å²) in [6.07, 6.45) is 0. The molecular formula is C12H10Br2O. The molecule has 0 amide bonds. The zero-order valence-electron chi connectivity index (χ0n) is 7.99. The van der Waals surface area contributed by atoms with E-state index in [2.05, 4.69) is 50.1 Å². The van der Waals surface area contributed by atoms with Gasteiger partial charge in [0.05, 0.1) is 5.33 Å². The van der Waals surface area contributed by atoms with Crippen LogP contribution < -0.4 is 4.74 Å². The first-order valence-electron chi connectivity index (χ1n) is 4.65. The van der Waals surface area contributed by atoms with Crippen molar-refractivity contribution in [2.75, 3.05) is 5.33 Å². The van der Waals surface area contributed by atoms with Gasteiger partial charge in [0, 0.05) is 0 Å². The first-order valence-corrected chi connectivity index (χ1v) is 6.69. The number of halogens is 2. The van der Waals surface area contributed by atoms with Crippen molar-refractivity contribution < 1.29 is 4.74 Å². The van der Waals surface area contributed by atoms with E-state index in [0.29, 0.717) is 0 Å². The highest BCUT2D eigenvalue weighted by molar-refractivity contribution is 9.12. The number of hydrogen-bond acceptors (Lipinski definition) is 1. The fourth-order valence-corrected chi connectivity index (χ4v) is 1.77. The van der Waals surface area contributed by atoms with Crippen LogP contribution in [0.25, 0.3) is 10.8 Å². The zero-order chi connectivity index (χ0) is 10.7. The maximum absolute atomic E-state index is 5.64. The average molecular weight is 330 g/mol. The third-order valence-electron chi connectivity index (χ3n) is 2.11. The molecule has 0 fully saturated rings. The fraction of sp³-hybridized carbons (Fsp3) is 0.167. The van der Waals surface area contributed by atoms with Gasteiger partial charge in [-0.2, -0.15) is 0 Å². The third kappa shape index (κ3) is 2.73. The SMILES string of the molecule is BrCC(Br)Oc1ccc2ccccc2c1. The Kier molecular flexibility index (Phi) is 3.65. The molecule has 0 bridgehead atoms. The molecule has 0 aromatic heterocycles. The minimum atomic E-state index is 0.0127. The Bertz CT molecular complexity index is 456. The number of fused-ring (bicyclic) bond motifs is 1. The van der Waals surface area contributed by atoms with E-state index in [1.807, 2.05) is 24.3 Å². The number of ether oxygens (including phenoxy) is 1. The minimum Gasteiger partial charge on any atom is -0.478 e. The molecule has 0 radical (unpaired) electrons. The standard InChI is InChI=1S/C12H10Br2O/c13-8-12(14)15-11-6-5-9-3-1-2-4-10(9)7-11/h1-7,12H,8H2. The van der Waals surface area contributed by atoms with Crippen LogP contribution in [0, 0.1) is 0 Å². The first kappa shape index (κ1) is 11.0. The first-order chi connectivity index (χ1) is 7.29. The lowest BCUT2D eigenvalue weighted by Gasteiger charge is -2.10. The Hall–Kier alpha value is -0.540. The summed E-state index contributed by atoms with van der Waals surface area (Å²) in [4.78, 5) is 0. The van der Waals surface area contributed by atoms with Crippen LogP contribution in [0.2, 0.25) is 0 Å². The molecule has 0 aliphatic carbocycles. The summed E-state index contributed by atoms with van der Waals surface area (Å²) in [5.74, 6) is 0.884. The van der Waals surface area contributed by atoms with Crippen molar-refractivity contribution in [1.29, 1.82) is 0 Å². The van der Waals surface area contributed by atoms with Crippen molar-refractivity contribution in [3.05, 3.63) is 42.5 Å². The van der Waals surface area contributed by atoms with Gasteiger partial charge < -0.3 is 4.74 Å². The van der Waals surface area contributed by atoms with Crippen LogP contribution in [0.3, 0.4) is 0 Å². The maximum Gasteiger partial charge on any atom is 0.162 e. The summed E-state index contributed by atoms with van der Waals surface area (Å²) in [5.41, 5.74) is 0. The number of benzene rings is 2. The van der Waals surface area contributed by atoms with E-state index in [9.17, 15) is 0 Å². The zero-order valence-corrected chi connectivity index (χ0v) is 11.2. The second kappa shape index (κ2) is 4.99. The monoisotopic (exact) mass is 328 g/mol. The van der Waals surface area contributed by atoms with Crippen molar-refractivity contribution >= 4 is 42.6 Å². The second-order valence-electron chi connectivity index (χ2n) is 3.19. The van der Waals surface area contributed by atoms with Crippen molar-refractivity contribution in [3.8, 4) is 5.75 Å². The molecule has 78 valence electrons. The smallest absolute Gasteiger partial charge is 0.162 e. The molecule has 3 heteroatoms. The van der Waals surface area contributed by atoms with Crippen molar-refractivity contribution in [2.24, 2.45) is 0 Å². The molecule has 2 aromatic rings. The Morgan fingerprint density at radius 2 is 1.80 bits per heavy atom. The average Bonchev–Trinajstić information content (AvgIpc) is 2.29. The lowest BCUT2D eigenvalue weighted by Crippen LogP contribution is -2.08. The lowest BCUT2D eigenvalue weighted by atomic mass is 10.1. The fourth-order valence-electron chi connectivity index (χ4n) is 1.42. The van der Waals surface area contributed by atoms with Gasteiger partial charge in [-0.15, -0.1) is 0 Å². The predicted molar refractivity (Wildman–Crippen MR) is 71.1 cm³/mol. The topological polar surface area (TPSA) is 9.23 Å². The van der Waals surface area contributed by atoms with Crippen molar-refractivity contribution in [2.45, 2.75) is 5.01 Å². The molecule has 2 aromatic carbocycles. The van der Waals surface area contributed by atoms with Gasteiger partial charge in [-0.05, 0) is 38.8 Å². The van der Waals surface area contributed by atoms with Crippen LogP contribution in [0.1, 0.15) is 0 Å². The highest BCUT2D eigenvalue weighted by Crippen LogP contribution is 2.22. The lowest BCUT2D eigenvalue weighted by molar-refractivity contribution is 0.320. The molecule has 0 aliphatic rings. The molecule has 2 rings (SSSR count). The van der Waals surface area contributed by atoms with E-state index in [0.717, 1.165) is 11.1 Å². The van der Waals surface area contributed by atoms with Gasteiger partial charge >= 0.3 is 0 Å².